The fraction of sp³-hybridized carbons (Fsp3) is 0.143. The Morgan fingerprint density at radius 1 is 1.10 bits per heavy atom. The molecule has 6 nitrogen and oxygen atoms in total. The Kier molecular flexibility index (Phi) is 2.90. The second kappa shape index (κ2) is 4.73. The summed E-state index contributed by atoms with van der Waals surface area (Å²) in [7, 11) is 0. The van der Waals surface area contributed by atoms with Gasteiger partial charge in [0.15, 0.2) is 0 Å². The first-order valence-corrected chi connectivity index (χ1v) is 6.07. The van der Waals surface area contributed by atoms with E-state index < -0.39 is 0 Å². The van der Waals surface area contributed by atoms with E-state index in [9.17, 15) is 5.11 Å². The first-order valence-electron chi connectivity index (χ1n) is 6.07. The molecule has 20 heavy (non-hydrogen) atoms. The van der Waals surface area contributed by atoms with Gasteiger partial charge >= 0.3 is 0 Å². The monoisotopic (exact) mass is 268 g/mol. The molecule has 100 valence electrons. The molecule has 0 aliphatic heterocycles. The first-order chi connectivity index (χ1) is 9.63. The Morgan fingerprint density at radius 2 is 1.95 bits per heavy atom. The summed E-state index contributed by atoms with van der Waals surface area (Å²) < 4.78 is 5.20. The van der Waals surface area contributed by atoms with Crippen LogP contribution in [0.4, 0.5) is 0 Å². The second-order valence-corrected chi connectivity index (χ2v) is 4.43. The van der Waals surface area contributed by atoms with Crippen molar-refractivity contribution in [2.45, 2.75) is 13.8 Å². The number of phenols is 1. The number of hydrogen-bond acceptors (Lipinski definition) is 6. The summed E-state index contributed by atoms with van der Waals surface area (Å²) in [5, 5.41) is 13.7. The maximum atomic E-state index is 9.86. The van der Waals surface area contributed by atoms with Crippen molar-refractivity contribution in [1.29, 1.82) is 0 Å². The molecule has 0 unspecified atom stereocenters. The van der Waals surface area contributed by atoms with Crippen LogP contribution in [0.3, 0.4) is 0 Å². The number of hydrogen-bond donors (Lipinski definition) is 1. The van der Waals surface area contributed by atoms with Crippen LogP contribution >= 0.6 is 0 Å². The van der Waals surface area contributed by atoms with Gasteiger partial charge in [-0.2, -0.15) is 4.98 Å². The summed E-state index contributed by atoms with van der Waals surface area (Å²) in [5.74, 6) is 1.36. The average Bonchev–Trinajstić information content (AvgIpc) is 2.91. The fourth-order valence-corrected chi connectivity index (χ4v) is 1.84. The maximum absolute atomic E-state index is 9.86. The van der Waals surface area contributed by atoms with E-state index in [-0.39, 0.29) is 11.6 Å². The van der Waals surface area contributed by atoms with Crippen LogP contribution in [0.5, 0.6) is 5.75 Å². The Morgan fingerprint density at radius 3 is 2.75 bits per heavy atom. The zero-order chi connectivity index (χ0) is 14.1. The highest BCUT2D eigenvalue weighted by Gasteiger charge is 2.15. The van der Waals surface area contributed by atoms with Crippen molar-refractivity contribution in [3.8, 4) is 28.7 Å². The van der Waals surface area contributed by atoms with Crippen molar-refractivity contribution >= 4 is 0 Å². The van der Waals surface area contributed by atoms with E-state index >= 15 is 0 Å². The molecule has 0 radical (unpaired) electrons. The van der Waals surface area contributed by atoms with Crippen molar-refractivity contribution in [3.05, 3.63) is 41.9 Å². The molecule has 2 aromatic heterocycles. The van der Waals surface area contributed by atoms with E-state index in [4.69, 9.17) is 4.52 Å². The van der Waals surface area contributed by atoms with Crippen LogP contribution in [-0.2, 0) is 0 Å². The minimum Gasteiger partial charge on any atom is -0.507 e. The van der Waals surface area contributed by atoms with Crippen molar-refractivity contribution < 1.29 is 9.63 Å². The third-order valence-electron chi connectivity index (χ3n) is 2.81. The molecule has 1 N–H and O–H groups in total. The lowest BCUT2D eigenvalue weighted by Crippen LogP contribution is -1.91. The van der Waals surface area contributed by atoms with E-state index in [1.807, 2.05) is 13.0 Å². The third kappa shape index (κ3) is 2.23. The number of aromatic hydroxyl groups is 1. The van der Waals surface area contributed by atoms with Crippen LogP contribution in [0.25, 0.3) is 23.0 Å². The quantitative estimate of drug-likeness (QED) is 0.768. The number of aryl methyl sites for hydroxylation is 2. The van der Waals surface area contributed by atoms with Crippen molar-refractivity contribution in [2.75, 3.05) is 0 Å². The van der Waals surface area contributed by atoms with Crippen LogP contribution in [0.15, 0.2) is 35.0 Å². The Labute approximate surface area is 115 Å². The SMILES string of the molecule is Cc1ccc(O)c(-c2nc(-c3ccnc(C)n3)no2)c1. The number of benzene rings is 1. The Balaban J connectivity index is 2.04. The summed E-state index contributed by atoms with van der Waals surface area (Å²) in [6.07, 6.45) is 1.64. The zero-order valence-corrected chi connectivity index (χ0v) is 11.0. The van der Waals surface area contributed by atoms with Gasteiger partial charge in [-0.15, -0.1) is 0 Å². The lowest BCUT2D eigenvalue weighted by Gasteiger charge is -2.00. The summed E-state index contributed by atoms with van der Waals surface area (Å²) >= 11 is 0. The zero-order valence-electron chi connectivity index (χ0n) is 11.0. The standard InChI is InChI=1S/C14H12N4O2/c1-8-3-4-12(19)10(7-8)14-17-13(18-20-14)11-5-6-15-9(2)16-11/h3-7,19H,1-2H3. The fourth-order valence-electron chi connectivity index (χ4n) is 1.84. The van der Waals surface area contributed by atoms with Crippen molar-refractivity contribution in [3.63, 3.8) is 0 Å². The van der Waals surface area contributed by atoms with Gasteiger partial charge in [-0.3, -0.25) is 0 Å². The van der Waals surface area contributed by atoms with Crippen LogP contribution in [-0.4, -0.2) is 25.2 Å². The Bertz CT molecular complexity index is 767. The van der Waals surface area contributed by atoms with Crippen LogP contribution in [0.2, 0.25) is 0 Å². The number of phenolic OH excluding ortho intramolecular Hbond substituents is 1. The normalized spacial score (nSPS) is 10.7. The molecule has 0 fully saturated rings. The topological polar surface area (TPSA) is 84.9 Å². The molecule has 0 saturated heterocycles. The number of rotatable bonds is 2. The average molecular weight is 268 g/mol. The molecule has 0 saturated carbocycles. The largest absolute Gasteiger partial charge is 0.507 e. The van der Waals surface area contributed by atoms with E-state index in [0.717, 1.165) is 5.56 Å². The molecule has 0 amide bonds. The van der Waals surface area contributed by atoms with Gasteiger partial charge in [-0.25, -0.2) is 9.97 Å². The molecular formula is C14H12N4O2. The van der Waals surface area contributed by atoms with Crippen LogP contribution in [0.1, 0.15) is 11.4 Å². The molecule has 0 aliphatic rings. The smallest absolute Gasteiger partial charge is 0.262 e. The van der Waals surface area contributed by atoms with Gasteiger partial charge in [0.1, 0.15) is 17.3 Å². The van der Waals surface area contributed by atoms with E-state index in [0.29, 0.717) is 22.9 Å². The summed E-state index contributed by atoms with van der Waals surface area (Å²) in [4.78, 5) is 12.5. The van der Waals surface area contributed by atoms with Gasteiger partial charge in [-0.05, 0) is 32.0 Å². The van der Waals surface area contributed by atoms with E-state index in [2.05, 4.69) is 20.1 Å². The van der Waals surface area contributed by atoms with Gasteiger partial charge in [0, 0.05) is 6.20 Å². The molecule has 3 rings (SSSR count). The molecule has 3 aromatic rings. The predicted molar refractivity (Wildman–Crippen MR) is 71.9 cm³/mol. The van der Waals surface area contributed by atoms with Gasteiger partial charge in [0.2, 0.25) is 5.82 Å². The minimum atomic E-state index is 0.102. The summed E-state index contributed by atoms with van der Waals surface area (Å²) in [6, 6.07) is 6.91. The van der Waals surface area contributed by atoms with Gasteiger partial charge in [0.25, 0.3) is 5.89 Å². The highest BCUT2D eigenvalue weighted by atomic mass is 16.5. The van der Waals surface area contributed by atoms with E-state index in [1.54, 1.807) is 31.3 Å². The van der Waals surface area contributed by atoms with Crippen LogP contribution < -0.4 is 0 Å². The highest BCUT2D eigenvalue weighted by Crippen LogP contribution is 2.29. The van der Waals surface area contributed by atoms with Crippen LogP contribution in [0, 0.1) is 13.8 Å². The summed E-state index contributed by atoms with van der Waals surface area (Å²) in [5.41, 5.74) is 2.09. The third-order valence-corrected chi connectivity index (χ3v) is 2.81. The molecular weight excluding hydrogens is 256 g/mol. The molecule has 1 aromatic carbocycles. The molecule has 0 spiro atoms. The lowest BCUT2D eigenvalue weighted by molar-refractivity contribution is 0.425. The number of aromatic nitrogens is 4. The predicted octanol–water partition coefficient (Wildman–Crippen LogP) is 2.52. The highest BCUT2D eigenvalue weighted by molar-refractivity contribution is 5.64. The summed E-state index contributed by atoms with van der Waals surface area (Å²) in [6.45, 7) is 3.71. The molecule has 0 atom stereocenters. The van der Waals surface area contributed by atoms with Crippen molar-refractivity contribution in [1.82, 2.24) is 20.1 Å². The molecule has 6 heteroatoms. The minimum absolute atomic E-state index is 0.102. The molecule has 2 heterocycles. The van der Waals surface area contributed by atoms with Crippen molar-refractivity contribution in [2.24, 2.45) is 0 Å². The maximum Gasteiger partial charge on any atom is 0.262 e. The Hall–Kier alpha value is -2.76. The van der Waals surface area contributed by atoms with Gasteiger partial charge in [0.05, 0.1) is 5.56 Å². The van der Waals surface area contributed by atoms with E-state index in [1.165, 1.54) is 0 Å². The second-order valence-electron chi connectivity index (χ2n) is 4.43. The molecule has 0 aliphatic carbocycles. The molecule has 0 bridgehead atoms. The van der Waals surface area contributed by atoms with Gasteiger partial charge in [-0.1, -0.05) is 16.8 Å². The first kappa shape index (κ1) is 12.3. The number of nitrogens with zero attached hydrogens (tertiary/aromatic N) is 4. The lowest BCUT2D eigenvalue weighted by atomic mass is 10.1. The van der Waals surface area contributed by atoms with Gasteiger partial charge < -0.3 is 9.63 Å².